The molecular weight excluding hydrogens is 198 g/mol. The van der Waals surface area contributed by atoms with Gasteiger partial charge in [-0.15, -0.1) is 0 Å². The summed E-state index contributed by atoms with van der Waals surface area (Å²) in [6.07, 6.45) is 2.52. The molecular formula is C14H19NO. The Bertz CT molecular complexity index is 365. The average Bonchev–Trinajstić information content (AvgIpc) is 3.04. The minimum absolute atomic E-state index is 0.0150. The number of nitrogens with one attached hydrogen (secondary N) is 1. The second-order valence-electron chi connectivity index (χ2n) is 4.76. The van der Waals surface area contributed by atoms with Gasteiger partial charge in [0.05, 0.1) is 5.92 Å². The summed E-state index contributed by atoms with van der Waals surface area (Å²) >= 11 is 0. The Balaban J connectivity index is 2.04. The molecule has 0 amide bonds. The molecule has 16 heavy (non-hydrogen) atoms. The number of aryl methyl sites for hydroxylation is 1. The van der Waals surface area contributed by atoms with E-state index in [1.165, 1.54) is 18.4 Å². The highest BCUT2D eigenvalue weighted by molar-refractivity contribution is 5.83. The number of carbonyl (C=O) groups excluding carboxylic acids is 1. The first-order valence-corrected chi connectivity index (χ1v) is 5.97. The summed E-state index contributed by atoms with van der Waals surface area (Å²) in [6, 6.07) is 8.93. The lowest BCUT2D eigenvalue weighted by Crippen LogP contribution is -2.27. The molecule has 1 atom stereocenters. The van der Waals surface area contributed by atoms with Gasteiger partial charge in [0.25, 0.3) is 0 Å². The molecule has 1 fully saturated rings. The zero-order chi connectivity index (χ0) is 11.5. The van der Waals surface area contributed by atoms with Crippen molar-refractivity contribution in [3.63, 3.8) is 0 Å². The van der Waals surface area contributed by atoms with Crippen molar-refractivity contribution in [2.24, 2.45) is 0 Å². The SMILES string of the molecule is CC(=O)[C@H](CNC1CC1)c1ccc(C)cc1. The first-order valence-electron chi connectivity index (χ1n) is 5.97. The minimum Gasteiger partial charge on any atom is -0.313 e. The Morgan fingerprint density at radius 3 is 2.50 bits per heavy atom. The smallest absolute Gasteiger partial charge is 0.138 e. The maximum atomic E-state index is 11.6. The van der Waals surface area contributed by atoms with Gasteiger partial charge in [-0.3, -0.25) is 4.79 Å². The summed E-state index contributed by atoms with van der Waals surface area (Å²) in [4.78, 5) is 11.6. The average molecular weight is 217 g/mol. The number of Topliss-reactive ketones (excluding diaryl/α,β-unsaturated/α-hetero) is 1. The van der Waals surface area contributed by atoms with E-state index in [0.29, 0.717) is 6.04 Å². The number of rotatable bonds is 5. The number of carbonyl (C=O) groups is 1. The van der Waals surface area contributed by atoms with Gasteiger partial charge in [-0.05, 0) is 32.3 Å². The first-order chi connectivity index (χ1) is 7.66. The summed E-state index contributed by atoms with van der Waals surface area (Å²) in [5.74, 6) is 0.262. The van der Waals surface area contributed by atoms with Gasteiger partial charge in [-0.25, -0.2) is 0 Å². The molecule has 0 bridgehead atoms. The van der Waals surface area contributed by atoms with Crippen LogP contribution in [0.15, 0.2) is 24.3 Å². The molecule has 2 rings (SSSR count). The molecule has 1 aromatic carbocycles. The maximum absolute atomic E-state index is 11.6. The van der Waals surface area contributed by atoms with Gasteiger partial charge in [0.2, 0.25) is 0 Å². The lowest BCUT2D eigenvalue weighted by atomic mass is 9.94. The zero-order valence-electron chi connectivity index (χ0n) is 9.99. The van der Waals surface area contributed by atoms with Gasteiger partial charge in [-0.2, -0.15) is 0 Å². The van der Waals surface area contributed by atoms with Crippen molar-refractivity contribution in [2.75, 3.05) is 6.54 Å². The highest BCUT2D eigenvalue weighted by atomic mass is 16.1. The van der Waals surface area contributed by atoms with E-state index in [2.05, 4.69) is 36.5 Å². The van der Waals surface area contributed by atoms with Crippen LogP contribution in [0.5, 0.6) is 0 Å². The largest absolute Gasteiger partial charge is 0.313 e. The van der Waals surface area contributed by atoms with Crippen LogP contribution in [0.2, 0.25) is 0 Å². The molecule has 0 heterocycles. The second-order valence-corrected chi connectivity index (χ2v) is 4.76. The van der Waals surface area contributed by atoms with Crippen LogP contribution in [0.1, 0.15) is 36.8 Å². The maximum Gasteiger partial charge on any atom is 0.138 e. The van der Waals surface area contributed by atoms with Crippen LogP contribution < -0.4 is 5.32 Å². The van der Waals surface area contributed by atoms with Gasteiger partial charge in [-0.1, -0.05) is 29.8 Å². The van der Waals surface area contributed by atoms with Gasteiger partial charge in [0, 0.05) is 12.6 Å². The molecule has 0 spiro atoms. The Kier molecular flexibility index (Phi) is 3.39. The van der Waals surface area contributed by atoms with E-state index in [1.807, 2.05) is 0 Å². The molecule has 1 N–H and O–H groups in total. The molecule has 1 saturated carbocycles. The number of hydrogen-bond acceptors (Lipinski definition) is 2. The quantitative estimate of drug-likeness (QED) is 0.820. The van der Waals surface area contributed by atoms with Gasteiger partial charge in [0.1, 0.15) is 5.78 Å². The predicted molar refractivity (Wildman–Crippen MR) is 65.6 cm³/mol. The van der Waals surface area contributed by atoms with Gasteiger partial charge < -0.3 is 5.32 Å². The molecule has 2 heteroatoms. The van der Waals surface area contributed by atoms with Crippen molar-refractivity contribution in [3.05, 3.63) is 35.4 Å². The molecule has 86 valence electrons. The van der Waals surface area contributed by atoms with Crippen molar-refractivity contribution in [1.29, 1.82) is 0 Å². The Labute approximate surface area is 97.1 Å². The topological polar surface area (TPSA) is 29.1 Å². The number of hydrogen-bond donors (Lipinski definition) is 1. The third kappa shape index (κ3) is 2.92. The van der Waals surface area contributed by atoms with Crippen molar-refractivity contribution >= 4 is 5.78 Å². The monoisotopic (exact) mass is 217 g/mol. The molecule has 0 aromatic heterocycles. The standard InChI is InChI=1S/C14H19NO/c1-10-3-5-12(6-4-10)14(11(2)16)9-15-13-7-8-13/h3-6,13-15H,7-9H2,1-2H3/t14-/m0/s1. The van der Waals surface area contributed by atoms with E-state index in [0.717, 1.165) is 12.1 Å². The van der Waals surface area contributed by atoms with Crippen molar-refractivity contribution in [2.45, 2.75) is 38.6 Å². The van der Waals surface area contributed by atoms with Crippen LogP contribution in [-0.2, 0) is 4.79 Å². The molecule has 2 nitrogen and oxygen atoms in total. The lowest BCUT2D eigenvalue weighted by Gasteiger charge is -2.15. The number of ketones is 1. The fourth-order valence-corrected chi connectivity index (χ4v) is 1.87. The van der Waals surface area contributed by atoms with Crippen molar-refractivity contribution < 1.29 is 4.79 Å². The molecule has 0 aliphatic heterocycles. The molecule has 1 aliphatic rings. The lowest BCUT2D eigenvalue weighted by molar-refractivity contribution is -0.118. The third-order valence-corrected chi connectivity index (χ3v) is 3.16. The summed E-state index contributed by atoms with van der Waals surface area (Å²) in [6.45, 7) is 4.52. The van der Waals surface area contributed by atoms with Crippen molar-refractivity contribution in [1.82, 2.24) is 5.32 Å². The third-order valence-electron chi connectivity index (χ3n) is 3.16. The Morgan fingerprint density at radius 2 is 2.00 bits per heavy atom. The zero-order valence-corrected chi connectivity index (χ0v) is 9.99. The summed E-state index contributed by atoms with van der Waals surface area (Å²) in [7, 11) is 0. The molecule has 0 unspecified atom stereocenters. The Hall–Kier alpha value is -1.15. The van der Waals surface area contributed by atoms with Crippen LogP contribution in [0.25, 0.3) is 0 Å². The number of benzene rings is 1. The van der Waals surface area contributed by atoms with Crippen LogP contribution in [0.4, 0.5) is 0 Å². The van der Waals surface area contributed by atoms with E-state index < -0.39 is 0 Å². The van der Waals surface area contributed by atoms with Crippen LogP contribution in [0.3, 0.4) is 0 Å². The fraction of sp³-hybridized carbons (Fsp3) is 0.500. The van der Waals surface area contributed by atoms with E-state index in [-0.39, 0.29) is 11.7 Å². The van der Waals surface area contributed by atoms with E-state index >= 15 is 0 Å². The summed E-state index contributed by atoms with van der Waals surface area (Å²) < 4.78 is 0. The Morgan fingerprint density at radius 1 is 1.38 bits per heavy atom. The van der Waals surface area contributed by atoms with Crippen molar-refractivity contribution in [3.8, 4) is 0 Å². The molecule has 0 saturated heterocycles. The van der Waals surface area contributed by atoms with Gasteiger partial charge >= 0.3 is 0 Å². The normalized spacial score (nSPS) is 17.1. The first kappa shape index (κ1) is 11.3. The second kappa shape index (κ2) is 4.79. The summed E-state index contributed by atoms with van der Waals surface area (Å²) in [5, 5.41) is 3.43. The van der Waals surface area contributed by atoms with E-state index in [4.69, 9.17) is 0 Å². The molecule has 0 radical (unpaired) electrons. The summed E-state index contributed by atoms with van der Waals surface area (Å²) in [5.41, 5.74) is 2.37. The molecule has 1 aromatic rings. The van der Waals surface area contributed by atoms with Crippen LogP contribution in [-0.4, -0.2) is 18.4 Å². The van der Waals surface area contributed by atoms with Crippen LogP contribution in [0, 0.1) is 6.92 Å². The predicted octanol–water partition coefficient (Wildman–Crippen LogP) is 2.42. The molecule has 1 aliphatic carbocycles. The highest BCUT2D eigenvalue weighted by Crippen LogP contribution is 2.22. The fourth-order valence-electron chi connectivity index (χ4n) is 1.87. The highest BCUT2D eigenvalue weighted by Gasteiger charge is 2.24. The minimum atomic E-state index is 0.0150. The van der Waals surface area contributed by atoms with Crippen LogP contribution >= 0.6 is 0 Å². The van der Waals surface area contributed by atoms with E-state index in [9.17, 15) is 4.79 Å². The van der Waals surface area contributed by atoms with Gasteiger partial charge in [0.15, 0.2) is 0 Å². The van der Waals surface area contributed by atoms with E-state index in [1.54, 1.807) is 6.92 Å².